The first-order valence-corrected chi connectivity index (χ1v) is 8.39. The summed E-state index contributed by atoms with van der Waals surface area (Å²) in [6.45, 7) is 1.60. The molecule has 3 rings (SSSR count). The van der Waals surface area contributed by atoms with Gasteiger partial charge in [-0.2, -0.15) is 13.2 Å². The van der Waals surface area contributed by atoms with Crippen molar-refractivity contribution < 1.29 is 22.4 Å². The van der Waals surface area contributed by atoms with Gasteiger partial charge in [0.1, 0.15) is 11.5 Å². The third-order valence-electron chi connectivity index (χ3n) is 4.02. The van der Waals surface area contributed by atoms with Gasteiger partial charge in [0.25, 0.3) is 5.91 Å². The highest BCUT2D eigenvalue weighted by molar-refractivity contribution is 6.33. The Hall–Kier alpha value is -2.61. The van der Waals surface area contributed by atoms with Gasteiger partial charge in [-0.15, -0.1) is 0 Å². The lowest BCUT2D eigenvalue weighted by Crippen LogP contribution is -2.26. The minimum absolute atomic E-state index is 0.0533. The zero-order valence-electron chi connectivity index (χ0n) is 14.1. The molecule has 142 valence electrons. The number of hydrogen-bond donors (Lipinski definition) is 1. The number of imidazole rings is 1. The lowest BCUT2D eigenvalue weighted by atomic mass is 10.2. The smallest absolute Gasteiger partial charge is 0.347 e. The monoisotopic (exact) mass is 399 g/mol. The van der Waals surface area contributed by atoms with Crippen LogP contribution >= 0.6 is 11.6 Å². The molecule has 2 heterocycles. The number of amides is 1. The molecule has 0 aliphatic carbocycles. The lowest BCUT2D eigenvalue weighted by Gasteiger charge is -2.11. The fourth-order valence-electron chi connectivity index (χ4n) is 2.69. The summed E-state index contributed by atoms with van der Waals surface area (Å²) >= 11 is 5.94. The van der Waals surface area contributed by atoms with Crippen molar-refractivity contribution in [1.29, 1.82) is 0 Å². The Morgan fingerprint density at radius 3 is 2.63 bits per heavy atom. The SMILES string of the molecule is CCc1nc2c(Cl)cc(C(F)(F)F)cn2c1C(=O)NCc1ccccc1F. The molecule has 0 bridgehead atoms. The molecule has 1 aromatic carbocycles. The second kappa shape index (κ2) is 7.19. The summed E-state index contributed by atoms with van der Waals surface area (Å²) in [6, 6.07) is 6.66. The van der Waals surface area contributed by atoms with Crippen LogP contribution in [-0.2, 0) is 19.1 Å². The van der Waals surface area contributed by atoms with Crippen LogP contribution in [0.1, 0.15) is 34.2 Å². The van der Waals surface area contributed by atoms with E-state index in [0.29, 0.717) is 12.1 Å². The summed E-state index contributed by atoms with van der Waals surface area (Å²) in [5.74, 6) is -1.16. The van der Waals surface area contributed by atoms with E-state index in [1.54, 1.807) is 13.0 Å². The summed E-state index contributed by atoms with van der Waals surface area (Å²) in [4.78, 5) is 16.8. The zero-order chi connectivity index (χ0) is 19.8. The summed E-state index contributed by atoms with van der Waals surface area (Å²) in [5.41, 5.74) is -0.452. The van der Waals surface area contributed by atoms with E-state index in [0.717, 1.165) is 16.7 Å². The predicted octanol–water partition coefficient (Wildman–Crippen LogP) is 4.64. The first-order valence-electron chi connectivity index (χ1n) is 8.01. The number of rotatable bonds is 4. The Balaban J connectivity index is 2.02. The Bertz CT molecular complexity index is 1010. The molecule has 0 atom stereocenters. The molecular formula is C18H14ClF4N3O. The molecular weight excluding hydrogens is 386 g/mol. The van der Waals surface area contributed by atoms with Gasteiger partial charge in [-0.3, -0.25) is 9.20 Å². The molecule has 0 saturated carbocycles. The van der Waals surface area contributed by atoms with Gasteiger partial charge in [-0.1, -0.05) is 36.7 Å². The number of halogens is 5. The van der Waals surface area contributed by atoms with Gasteiger partial charge < -0.3 is 5.32 Å². The number of aryl methyl sites for hydroxylation is 1. The Morgan fingerprint density at radius 2 is 2.00 bits per heavy atom. The average molecular weight is 400 g/mol. The topological polar surface area (TPSA) is 46.4 Å². The molecule has 4 nitrogen and oxygen atoms in total. The molecule has 27 heavy (non-hydrogen) atoms. The molecule has 0 unspecified atom stereocenters. The van der Waals surface area contributed by atoms with Crippen molar-refractivity contribution in [3.8, 4) is 0 Å². The van der Waals surface area contributed by atoms with E-state index in [1.165, 1.54) is 18.2 Å². The number of benzene rings is 1. The molecule has 0 saturated heterocycles. The average Bonchev–Trinajstić information content (AvgIpc) is 2.99. The third kappa shape index (κ3) is 3.75. The summed E-state index contributed by atoms with van der Waals surface area (Å²) in [7, 11) is 0. The van der Waals surface area contributed by atoms with Crippen LogP contribution in [0.15, 0.2) is 36.5 Å². The Morgan fingerprint density at radius 1 is 1.30 bits per heavy atom. The fraction of sp³-hybridized carbons (Fsp3) is 0.222. The molecule has 0 aliphatic heterocycles. The van der Waals surface area contributed by atoms with Gasteiger partial charge in [0, 0.05) is 18.3 Å². The predicted molar refractivity (Wildman–Crippen MR) is 92.2 cm³/mol. The van der Waals surface area contributed by atoms with Crippen LogP contribution in [0.25, 0.3) is 5.65 Å². The highest BCUT2D eigenvalue weighted by atomic mass is 35.5. The van der Waals surface area contributed by atoms with E-state index < -0.39 is 23.5 Å². The molecule has 3 aromatic rings. The molecule has 0 aliphatic rings. The molecule has 1 amide bonds. The number of carbonyl (C=O) groups excluding carboxylic acids is 1. The first kappa shape index (κ1) is 19.2. The number of pyridine rings is 1. The Labute approximate surface area is 156 Å². The number of nitrogens with zero attached hydrogens (tertiary/aromatic N) is 2. The van der Waals surface area contributed by atoms with Crippen LogP contribution in [0, 0.1) is 5.82 Å². The van der Waals surface area contributed by atoms with Gasteiger partial charge >= 0.3 is 6.18 Å². The van der Waals surface area contributed by atoms with Crippen LogP contribution < -0.4 is 5.32 Å². The minimum atomic E-state index is -4.63. The Kier molecular flexibility index (Phi) is 5.10. The van der Waals surface area contributed by atoms with Crippen molar-refractivity contribution in [1.82, 2.24) is 14.7 Å². The highest BCUT2D eigenvalue weighted by Gasteiger charge is 2.33. The van der Waals surface area contributed by atoms with Crippen LogP contribution in [0.3, 0.4) is 0 Å². The number of aromatic nitrogens is 2. The lowest BCUT2D eigenvalue weighted by molar-refractivity contribution is -0.137. The molecule has 0 radical (unpaired) electrons. The molecule has 2 aromatic heterocycles. The number of fused-ring (bicyclic) bond motifs is 1. The van der Waals surface area contributed by atoms with Crippen molar-refractivity contribution in [2.45, 2.75) is 26.1 Å². The van der Waals surface area contributed by atoms with Crippen LogP contribution in [0.4, 0.5) is 17.6 Å². The maximum absolute atomic E-state index is 13.7. The molecule has 0 spiro atoms. The van der Waals surface area contributed by atoms with E-state index >= 15 is 0 Å². The first-order chi connectivity index (χ1) is 12.7. The number of carbonyl (C=O) groups is 1. The zero-order valence-corrected chi connectivity index (χ0v) is 14.8. The van der Waals surface area contributed by atoms with E-state index in [-0.39, 0.29) is 28.5 Å². The fourth-order valence-corrected chi connectivity index (χ4v) is 2.95. The quantitative estimate of drug-likeness (QED) is 0.650. The largest absolute Gasteiger partial charge is 0.417 e. The van der Waals surface area contributed by atoms with Gasteiger partial charge in [0.2, 0.25) is 0 Å². The second-order valence-electron chi connectivity index (χ2n) is 5.80. The van der Waals surface area contributed by atoms with E-state index in [1.807, 2.05) is 0 Å². The van der Waals surface area contributed by atoms with Crippen LogP contribution in [0.2, 0.25) is 5.02 Å². The van der Waals surface area contributed by atoms with Crippen molar-refractivity contribution in [3.63, 3.8) is 0 Å². The maximum atomic E-state index is 13.7. The minimum Gasteiger partial charge on any atom is -0.347 e. The van der Waals surface area contributed by atoms with Gasteiger partial charge in [-0.05, 0) is 18.6 Å². The highest BCUT2D eigenvalue weighted by Crippen LogP contribution is 2.33. The second-order valence-corrected chi connectivity index (χ2v) is 6.21. The third-order valence-corrected chi connectivity index (χ3v) is 4.30. The normalized spacial score (nSPS) is 11.8. The van der Waals surface area contributed by atoms with E-state index in [9.17, 15) is 22.4 Å². The van der Waals surface area contributed by atoms with E-state index in [2.05, 4.69) is 10.3 Å². The van der Waals surface area contributed by atoms with Crippen LogP contribution in [0.5, 0.6) is 0 Å². The summed E-state index contributed by atoms with van der Waals surface area (Å²) < 4.78 is 54.0. The van der Waals surface area contributed by atoms with Crippen molar-refractivity contribution in [2.24, 2.45) is 0 Å². The number of nitrogens with one attached hydrogen (secondary N) is 1. The molecule has 0 fully saturated rings. The van der Waals surface area contributed by atoms with Gasteiger partial charge in [-0.25, -0.2) is 9.37 Å². The standard InChI is InChI=1S/C18H14ClF4N3O/c1-2-14-15(17(27)24-8-10-5-3-4-6-13(10)20)26-9-11(18(21,22)23)7-12(19)16(26)25-14/h3-7,9H,2,8H2,1H3,(H,24,27). The van der Waals surface area contributed by atoms with Crippen molar-refractivity contribution in [3.05, 3.63) is 69.9 Å². The van der Waals surface area contributed by atoms with Gasteiger partial charge in [0.15, 0.2) is 5.65 Å². The van der Waals surface area contributed by atoms with Crippen LogP contribution in [-0.4, -0.2) is 15.3 Å². The maximum Gasteiger partial charge on any atom is 0.417 e. The van der Waals surface area contributed by atoms with E-state index in [4.69, 9.17) is 11.6 Å². The van der Waals surface area contributed by atoms with Crippen molar-refractivity contribution in [2.75, 3.05) is 0 Å². The van der Waals surface area contributed by atoms with Crippen molar-refractivity contribution >= 4 is 23.2 Å². The van der Waals surface area contributed by atoms with Gasteiger partial charge in [0.05, 0.1) is 16.3 Å². The number of hydrogen-bond acceptors (Lipinski definition) is 2. The summed E-state index contributed by atoms with van der Waals surface area (Å²) in [5, 5.41) is 2.31. The summed E-state index contributed by atoms with van der Waals surface area (Å²) in [6.07, 6.45) is -3.54. The molecule has 9 heteroatoms. The number of alkyl halides is 3. The molecule has 1 N–H and O–H groups in total.